The van der Waals surface area contributed by atoms with Crippen molar-refractivity contribution in [2.75, 3.05) is 5.75 Å². The van der Waals surface area contributed by atoms with E-state index in [-0.39, 0.29) is 23.4 Å². The van der Waals surface area contributed by atoms with Gasteiger partial charge in [-0.05, 0) is 37.1 Å². The lowest BCUT2D eigenvalue weighted by Crippen LogP contribution is -2.49. The summed E-state index contributed by atoms with van der Waals surface area (Å²) >= 11 is 1.22. The van der Waals surface area contributed by atoms with E-state index in [1.54, 1.807) is 25.1 Å². The van der Waals surface area contributed by atoms with Crippen molar-refractivity contribution < 1.29 is 9.18 Å². The zero-order chi connectivity index (χ0) is 20.0. The zero-order valence-corrected chi connectivity index (χ0v) is 16.4. The van der Waals surface area contributed by atoms with Crippen LogP contribution in [-0.2, 0) is 11.3 Å². The van der Waals surface area contributed by atoms with E-state index in [1.807, 2.05) is 18.4 Å². The zero-order valence-electron chi connectivity index (χ0n) is 15.6. The molecule has 8 heteroatoms. The molecule has 2 rings (SSSR count). The van der Waals surface area contributed by atoms with Crippen LogP contribution in [0.2, 0.25) is 0 Å². The van der Waals surface area contributed by atoms with Gasteiger partial charge in [-0.15, -0.1) is 16.8 Å². The number of thioether (sulfide) groups is 1. The monoisotopic (exact) mass is 387 g/mol. The molecule has 0 aliphatic carbocycles. The molecule has 1 atom stereocenters. The minimum absolute atomic E-state index is 0.0223. The van der Waals surface area contributed by atoms with Crippen molar-refractivity contribution >= 4 is 17.7 Å². The van der Waals surface area contributed by atoms with Crippen LogP contribution in [0, 0.1) is 23.1 Å². The molecule has 1 aromatic heterocycles. The average molecular weight is 387 g/mol. The van der Waals surface area contributed by atoms with Crippen molar-refractivity contribution in [1.82, 2.24) is 20.1 Å². The average Bonchev–Trinajstić information content (AvgIpc) is 3.03. The molecule has 0 saturated heterocycles. The van der Waals surface area contributed by atoms with Crippen LogP contribution in [0.5, 0.6) is 0 Å². The third-order valence-corrected chi connectivity index (χ3v) is 5.22. The fourth-order valence-electron chi connectivity index (χ4n) is 2.26. The molecule has 1 aromatic carbocycles. The van der Waals surface area contributed by atoms with Crippen LogP contribution in [0.4, 0.5) is 4.39 Å². The number of benzene rings is 1. The van der Waals surface area contributed by atoms with Gasteiger partial charge in [-0.25, -0.2) is 4.39 Å². The van der Waals surface area contributed by atoms with Gasteiger partial charge in [-0.2, -0.15) is 5.26 Å². The summed E-state index contributed by atoms with van der Waals surface area (Å²) in [4.78, 5) is 12.3. The highest BCUT2D eigenvalue weighted by atomic mass is 32.2. The van der Waals surface area contributed by atoms with E-state index in [2.05, 4.69) is 28.2 Å². The van der Waals surface area contributed by atoms with Crippen LogP contribution in [0.15, 0.2) is 42.1 Å². The highest BCUT2D eigenvalue weighted by Crippen LogP contribution is 2.24. The Balaban J connectivity index is 2.15. The third kappa shape index (κ3) is 4.95. The fourth-order valence-corrected chi connectivity index (χ4v) is 3.01. The van der Waals surface area contributed by atoms with Crippen LogP contribution in [0.3, 0.4) is 0 Å². The number of nitriles is 1. The highest BCUT2D eigenvalue weighted by Gasteiger charge is 2.30. The Kier molecular flexibility index (Phi) is 6.75. The number of carbonyl (C=O) groups excluding carboxylic acids is 1. The number of aromatic nitrogens is 3. The molecule has 0 aliphatic rings. The molecule has 2 aromatic rings. The van der Waals surface area contributed by atoms with Crippen LogP contribution < -0.4 is 5.32 Å². The summed E-state index contributed by atoms with van der Waals surface area (Å²) in [6.07, 6.45) is 1.70. The Morgan fingerprint density at radius 1 is 1.44 bits per heavy atom. The molecule has 0 unspecified atom stereocenters. The molecule has 1 amide bonds. The van der Waals surface area contributed by atoms with E-state index in [9.17, 15) is 14.4 Å². The first-order chi connectivity index (χ1) is 12.8. The second-order valence-corrected chi connectivity index (χ2v) is 7.46. The predicted octanol–water partition coefficient (Wildman–Crippen LogP) is 3.42. The molecule has 0 bridgehead atoms. The Labute approximate surface area is 162 Å². The molecule has 0 aliphatic heterocycles. The van der Waals surface area contributed by atoms with Gasteiger partial charge < -0.3 is 5.32 Å². The molecular weight excluding hydrogens is 365 g/mol. The van der Waals surface area contributed by atoms with E-state index in [4.69, 9.17) is 0 Å². The lowest BCUT2D eigenvalue weighted by molar-refractivity contribution is -0.120. The minimum Gasteiger partial charge on any atom is -0.337 e. The predicted molar refractivity (Wildman–Crippen MR) is 103 cm³/mol. The Morgan fingerprint density at radius 3 is 2.67 bits per heavy atom. The maximum atomic E-state index is 13.2. The summed E-state index contributed by atoms with van der Waals surface area (Å²) in [6.45, 7) is 9.65. The van der Waals surface area contributed by atoms with Crippen molar-refractivity contribution in [3.63, 3.8) is 0 Å². The first-order valence-electron chi connectivity index (χ1n) is 8.45. The van der Waals surface area contributed by atoms with Gasteiger partial charge in [0.15, 0.2) is 11.0 Å². The molecule has 1 heterocycles. The highest BCUT2D eigenvalue weighted by molar-refractivity contribution is 7.99. The quantitative estimate of drug-likeness (QED) is 0.554. The van der Waals surface area contributed by atoms with Crippen molar-refractivity contribution in [3.05, 3.63) is 42.7 Å². The van der Waals surface area contributed by atoms with E-state index < -0.39 is 5.54 Å². The SMILES string of the molecule is C=CCn1c(SCC(=O)N[C@@](C)(C#N)C(C)C)nnc1-c1ccc(F)cc1. The van der Waals surface area contributed by atoms with E-state index in [0.717, 1.165) is 5.56 Å². The number of amides is 1. The number of allylic oxidation sites excluding steroid dienone is 1. The molecule has 0 fully saturated rings. The smallest absolute Gasteiger partial charge is 0.231 e. The van der Waals surface area contributed by atoms with Gasteiger partial charge in [0.1, 0.15) is 11.4 Å². The van der Waals surface area contributed by atoms with Gasteiger partial charge >= 0.3 is 0 Å². The first kappa shape index (κ1) is 20.6. The minimum atomic E-state index is -0.925. The molecule has 142 valence electrons. The Bertz CT molecular complexity index is 856. The number of carbonyl (C=O) groups is 1. The van der Waals surface area contributed by atoms with Crippen molar-refractivity contribution in [3.8, 4) is 17.5 Å². The summed E-state index contributed by atoms with van der Waals surface area (Å²) in [7, 11) is 0. The molecule has 0 radical (unpaired) electrons. The van der Waals surface area contributed by atoms with Crippen molar-refractivity contribution in [2.45, 2.75) is 38.0 Å². The van der Waals surface area contributed by atoms with E-state index in [1.165, 1.54) is 23.9 Å². The molecule has 1 N–H and O–H groups in total. The van der Waals surface area contributed by atoms with Gasteiger partial charge in [-0.1, -0.05) is 31.7 Å². The molecular formula is C19H22FN5OS. The van der Waals surface area contributed by atoms with Gasteiger partial charge in [-0.3, -0.25) is 9.36 Å². The van der Waals surface area contributed by atoms with Gasteiger partial charge in [0.05, 0.1) is 11.8 Å². The first-order valence-corrected chi connectivity index (χ1v) is 9.44. The normalized spacial score (nSPS) is 13.0. The van der Waals surface area contributed by atoms with E-state index >= 15 is 0 Å². The molecule has 0 spiro atoms. The number of halogens is 1. The summed E-state index contributed by atoms with van der Waals surface area (Å²) in [6, 6.07) is 8.12. The van der Waals surface area contributed by atoms with Crippen molar-refractivity contribution in [1.29, 1.82) is 5.26 Å². The molecule has 27 heavy (non-hydrogen) atoms. The summed E-state index contributed by atoms with van der Waals surface area (Å²) < 4.78 is 15.0. The maximum absolute atomic E-state index is 13.2. The Morgan fingerprint density at radius 2 is 2.11 bits per heavy atom. The number of nitrogens with one attached hydrogen (secondary N) is 1. The number of rotatable bonds is 8. The number of hydrogen-bond acceptors (Lipinski definition) is 5. The molecule has 0 saturated carbocycles. The van der Waals surface area contributed by atoms with Gasteiger partial charge in [0, 0.05) is 12.1 Å². The van der Waals surface area contributed by atoms with Gasteiger partial charge in [0.2, 0.25) is 5.91 Å². The fraction of sp³-hybridized carbons (Fsp3) is 0.368. The topological polar surface area (TPSA) is 83.6 Å². The summed E-state index contributed by atoms with van der Waals surface area (Å²) in [5.74, 6) is 0.0652. The second-order valence-electron chi connectivity index (χ2n) is 6.52. The van der Waals surface area contributed by atoms with Crippen LogP contribution >= 0.6 is 11.8 Å². The van der Waals surface area contributed by atoms with Crippen LogP contribution in [0.25, 0.3) is 11.4 Å². The number of nitrogens with zero attached hydrogens (tertiary/aromatic N) is 4. The molecule has 6 nitrogen and oxygen atoms in total. The van der Waals surface area contributed by atoms with Crippen LogP contribution in [0.1, 0.15) is 20.8 Å². The largest absolute Gasteiger partial charge is 0.337 e. The van der Waals surface area contributed by atoms with Crippen LogP contribution in [-0.4, -0.2) is 32.0 Å². The second kappa shape index (κ2) is 8.82. The Hall–Kier alpha value is -2.66. The lowest BCUT2D eigenvalue weighted by atomic mass is 9.90. The van der Waals surface area contributed by atoms with E-state index in [0.29, 0.717) is 17.5 Å². The lowest BCUT2D eigenvalue weighted by Gasteiger charge is -2.27. The standard InChI is InChI=1S/C19H22FN5OS/c1-5-10-25-17(14-6-8-15(20)9-7-14)23-24-18(25)27-11-16(26)22-19(4,12-21)13(2)3/h5-9,13H,1,10-11H2,2-4H3,(H,22,26)/t19-/m0/s1. The van der Waals surface area contributed by atoms with Crippen molar-refractivity contribution in [2.24, 2.45) is 5.92 Å². The number of hydrogen-bond donors (Lipinski definition) is 1. The maximum Gasteiger partial charge on any atom is 0.231 e. The van der Waals surface area contributed by atoms with Gasteiger partial charge in [0.25, 0.3) is 0 Å². The third-order valence-electron chi connectivity index (χ3n) is 4.25. The summed E-state index contributed by atoms with van der Waals surface area (Å²) in [5.41, 5.74) is -0.204. The summed E-state index contributed by atoms with van der Waals surface area (Å²) in [5, 5.41) is 21.0.